The lowest BCUT2D eigenvalue weighted by molar-refractivity contribution is -0.885. The number of carbonyl (C=O) groups excluding carboxylic acids is 1. The number of amides is 1. The highest BCUT2D eigenvalue weighted by Crippen LogP contribution is 2.32. The van der Waals surface area contributed by atoms with E-state index in [0.29, 0.717) is 6.54 Å². The minimum absolute atomic E-state index is 0.00348. The molecule has 3 aromatic carbocycles. The summed E-state index contributed by atoms with van der Waals surface area (Å²) in [5.41, 5.74) is 4.32. The highest BCUT2D eigenvalue weighted by atomic mass is 16.7. The molecular formula is C24H25N2O3+. The molecule has 29 heavy (non-hydrogen) atoms. The van der Waals surface area contributed by atoms with Crippen LogP contribution in [0.2, 0.25) is 0 Å². The molecule has 0 bridgehead atoms. The smallest absolute Gasteiger partial charge is 0.279 e. The van der Waals surface area contributed by atoms with Gasteiger partial charge in [-0.15, -0.1) is 0 Å². The number of carbonyl (C=O) groups is 1. The summed E-state index contributed by atoms with van der Waals surface area (Å²) in [6, 6.07) is 24.2. The first-order valence-corrected chi connectivity index (χ1v) is 9.79. The largest absolute Gasteiger partial charge is 0.454 e. The fourth-order valence-electron chi connectivity index (χ4n) is 3.54. The van der Waals surface area contributed by atoms with Crippen molar-refractivity contribution in [1.82, 2.24) is 0 Å². The molecule has 0 aliphatic carbocycles. The van der Waals surface area contributed by atoms with Crippen LogP contribution in [0.5, 0.6) is 11.5 Å². The van der Waals surface area contributed by atoms with Crippen molar-refractivity contribution in [1.29, 1.82) is 0 Å². The highest BCUT2D eigenvalue weighted by molar-refractivity contribution is 5.92. The van der Waals surface area contributed by atoms with Crippen LogP contribution in [-0.2, 0) is 17.8 Å². The Balaban J connectivity index is 1.36. The number of rotatable bonds is 7. The van der Waals surface area contributed by atoms with Crippen LogP contribution in [0.15, 0.2) is 72.8 Å². The molecule has 0 saturated heterocycles. The number of quaternary nitrogens is 1. The van der Waals surface area contributed by atoms with Gasteiger partial charge in [-0.05, 0) is 41.8 Å². The molecule has 148 valence electrons. The average molecular weight is 389 g/mol. The molecule has 5 heteroatoms. The maximum absolute atomic E-state index is 12.6. The Kier molecular flexibility index (Phi) is 5.77. The van der Waals surface area contributed by atoms with E-state index in [0.717, 1.165) is 46.2 Å². The first-order valence-electron chi connectivity index (χ1n) is 9.79. The second kappa shape index (κ2) is 8.80. The molecule has 0 saturated carbocycles. The van der Waals surface area contributed by atoms with Crippen molar-refractivity contribution < 1.29 is 19.2 Å². The van der Waals surface area contributed by atoms with Gasteiger partial charge in [0.25, 0.3) is 5.91 Å². The van der Waals surface area contributed by atoms with E-state index in [2.05, 4.69) is 23.5 Å². The monoisotopic (exact) mass is 389 g/mol. The Morgan fingerprint density at radius 1 is 0.931 bits per heavy atom. The lowest BCUT2D eigenvalue weighted by Gasteiger charge is -2.16. The van der Waals surface area contributed by atoms with Crippen molar-refractivity contribution in [3.63, 3.8) is 0 Å². The molecule has 0 spiro atoms. The van der Waals surface area contributed by atoms with Crippen molar-refractivity contribution in [2.75, 3.05) is 25.7 Å². The molecule has 5 nitrogen and oxygen atoms in total. The summed E-state index contributed by atoms with van der Waals surface area (Å²) in [6.45, 7) is 1.39. The Hall–Kier alpha value is -3.31. The topological polar surface area (TPSA) is 52.0 Å². The molecule has 4 rings (SSSR count). The van der Waals surface area contributed by atoms with Gasteiger partial charge in [0, 0.05) is 11.3 Å². The normalized spacial score (nSPS) is 13.1. The predicted octanol–water partition coefficient (Wildman–Crippen LogP) is 2.66. The third-order valence-corrected chi connectivity index (χ3v) is 4.93. The van der Waals surface area contributed by atoms with Gasteiger partial charge >= 0.3 is 0 Å². The van der Waals surface area contributed by atoms with Gasteiger partial charge in [0.15, 0.2) is 18.0 Å². The van der Waals surface area contributed by atoms with Crippen molar-refractivity contribution in [3.8, 4) is 11.5 Å². The van der Waals surface area contributed by atoms with E-state index in [-0.39, 0.29) is 12.7 Å². The van der Waals surface area contributed by atoms with Gasteiger partial charge in [0.1, 0.15) is 6.54 Å². The lowest BCUT2D eigenvalue weighted by Crippen LogP contribution is -3.08. The molecular weight excluding hydrogens is 364 g/mol. The van der Waals surface area contributed by atoms with Crippen LogP contribution >= 0.6 is 0 Å². The molecule has 0 radical (unpaired) electrons. The number of para-hydroxylation sites is 1. The molecule has 1 aliphatic rings. The minimum atomic E-state index is 0.00348. The van der Waals surface area contributed by atoms with Crippen molar-refractivity contribution in [2.24, 2.45) is 0 Å². The molecule has 1 unspecified atom stereocenters. The van der Waals surface area contributed by atoms with Gasteiger partial charge in [-0.25, -0.2) is 0 Å². The number of hydrogen-bond acceptors (Lipinski definition) is 3. The van der Waals surface area contributed by atoms with E-state index in [1.165, 1.54) is 5.56 Å². The zero-order valence-electron chi connectivity index (χ0n) is 16.5. The van der Waals surface area contributed by atoms with E-state index < -0.39 is 0 Å². The summed E-state index contributed by atoms with van der Waals surface area (Å²) in [5.74, 6) is 1.55. The number of fused-ring (bicyclic) bond motifs is 1. The Morgan fingerprint density at radius 2 is 1.69 bits per heavy atom. The van der Waals surface area contributed by atoms with Crippen LogP contribution in [0.25, 0.3) is 0 Å². The fourth-order valence-corrected chi connectivity index (χ4v) is 3.54. The molecule has 3 aromatic rings. The second-order valence-corrected chi connectivity index (χ2v) is 7.37. The van der Waals surface area contributed by atoms with E-state index >= 15 is 0 Å². The van der Waals surface area contributed by atoms with E-state index in [1.807, 2.05) is 61.6 Å². The Bertz CT molecular complexity index is 988. The molecule has 0 fully saturated rings. The van der Waals surface area contributed by atoms with Crippen LogP contribution in [0, 0.1) is 0 Å². The Morgan fingerprint density at radius 3 is 2.55 bits per heavy atom. The lowest BCUT2D eigenvalue weighted by atomic mass is 10.0. The van der Waals surface area contributed by atoms with E-state index in [4.69, 9.17) is 9.47 Å². The first kappa shape index (κ1) is 19.0. The van der Waals surface area contributed by atoms with Crippen LogP contribution in [0.3, 0.4) is 0 Å². The van der Waals surface area contributed by atoms with Crippen LogP contribution in [0.4, 0.5) is 5.69 Å². The van der Waals surface area contributed by atoms with Crippen LogP contribution in [-0.4, -0.2) is 26.3 Å². The standard InChI is InChI=1S/C24H24N2O3/c1-26(15-19-11-12-22-23(14-19)29-17-28-22)16-24(27)25-21-10-6-5-9-20(21)13-18-7-3-2-4-8-18/h2-12,14H,13,15-17H2,1H3,(H,25,27)/p+1. The summed E-state index contributed by atoms with van der Waals surface area (Å²) < 4.78 is 10.8. The maximum atomic E-state index is 12.6. The van der Waals surface area contributed by atoms with Gasteiger partial charge in [0.2, 0.25) is 6.79 Å². The molecule has 1 heterocycles. The summed E-state index contributed by atoms with van der Waals surface area (Å²) in [7, 11) is 2.01. The van der Waals surface area contributed by atoms with Gasteiger partial charge < -0.3 is 19.7 Å². The van der Waals surface area contributed by atoms with E-state index in [1.54, 1.807) is 0 Å². The van der Waals surface area contributed by atoms with Crippen LogP contribution in [0.1, 0.15) is 16.7 Å². The number of nitrogens with one attached hydrogen (secondary N) is 2. The molecule has 1 aliphatic heterocycles. The van der Waals surface area contributed by atoms with Crippen molar-refractivity contribution in [2.45, 2.75) is 13.0 Å². The number of anilines is 1. The van der Waals surface area contributed by atoms with Gasteiger partial charge in [-0.3, -0.25) is 4.79 Å². The maximum Gasteiger partial charge on any atom is 0.279 e. The summed E-state index contributed by atoms with van der Waals surface area (Å²) >= 11 is 0. The molecule has 2 N–H and O–H groups in total. The number of ether oxygens (including phenoxy) is 2. The third kappa shape index (κ3) is 4.95. The summed E-state index contributed by atoms with van der Waals surface area (Å²) in [6.07, 6.45) is 0.789. The number of hydrogen-bond donors (Lipinski definition) is 2. The summed E-state index contributed by atoms with van der Waals surface area (Å²) in [5, 5.41) is 3.08. The first-order chi connectivity index (χ1) is 14.2. The van der Waals surface area contributed by atoms with Crippen molar-refractivity contribution >= 4 is 11.6 Å². The average Bonchev–Trinajstić information content (AvgIpc) is 3.18. The molecule has 1 amide bonds. The molecule has 0 aromatic heterocycles. The quantitative estimate of drug-likeness (QED) is 0.653. The Labute approximate surface area is 170 Å². The fraction of sp³-hybridized carbons (Fsp3) is 0.208. The second-order valence-electron chi connectivity index (χ2n) is 7.37. The number of likely N-dealkylation sites (N-methyl/N-ethyl adjacent to an activating group) is 1. The van der Waals surface area contributed by atoms with E-state index in [9.17, 15) is 4.79 Å². The van der Waals surface area contributed by atoms with Crippen molar-refractivity contribution in [3.05, 3.63) is 89.5 Å². The highest BCUT2D eigenvalue weighted by Gasteiger charge is 2.16. The zero-order chi connectivity index (χ0) is 20.1. The summed E-state index contributed by atoms with van der Waals surface area (Å²) in [4.78, 5) is 13.7. The third-order valence-electron chi connectivity index (χ3n) is 4.93. The van der Waals surface area contributed by atoms with Gasteiger partial charge in [0.05, 0.1) is 7.05 Å². The van der Waals surface area contributed by atoms with Crippen LogP contribution < -0.4 is 19.7 Å². The van der Waals surface area contributed by atoms with Gasteiger partial charge in [-0.1, -0.05) is 48.5 Å². The number of benzene rings is 3. The SMILES string of the molecule is C[NH+](CC(=O)Nc1ccccc1Cc1ccccc1)Cc1ccc2c(c1)OCO2. The molecule has 1 atom stereocenters. The van der Waals surface area contributed by atoms with Gasteiger partial charge in [-0.2, -0.15) is 0 Å². The predicted molar refractivity (Wildman–Crippen MR) is 112 cm³/mol. The minimum Gasteiger partial charge on any atom is -0.454 e. The zero-order valence-corrected chi connectivity index (χ0v) is 16.5.